The van der Waals surface area contributed by atoms with E-state index in [4.69, 9.17) is 39.5 Å². The fourth-order valence-corrected chi connectivity index (χ4v) is 4.54. The first-order chi connectivity index (χ1) is 14.6. The zero-order chi connectivity index (χ0) is 22.8. The van der Waals surface area contributed by atoms with Crippen LogP contribution in [0.1, 0.15) is 10.4 Å². The van der Waals surface area contributed by atoms with Crippen LogP contribution in [0.2, 0.25) is 15.1 Å². The van der Waals surface area contributed by atoms with Crippen molar-refractivity contribution in [1.82, 2.24) is 0 Å². The van der Waals surface area contributed by atoms with Crippen LogP contribution in [-0.2, 0) is 10.0 Å². The fourth-order valence-electron chi connectivity index (χ4n) is 2.70. The van der Waals surface area contributed by atoms with Crippen LogP contribution in [0.15, 0.2) is 65.6 Å². The Morgan fingerprint density at radius 1 is 0.935 bits per heavy atom. The van der Waals surface area contributed by atoms with Gasteiger partial charge in [0, 0.05) is 12.6 Å². The van der Waals surface area contributed by atoms with Crippen LogP contribution < -0.4 is 14.4 Å². The summed E-state index contributed by atoms with van der Waals surface area (Å²) in [6, 6.07) is 15.1. The van der Waals surface area contributed by atoms with Crippen molar-refractivity contribution in [2.45, 2.75) is 4.90 Å². The van der Waals surface area contributed by atoms with Crippen LogP contribution >= 0.6 is 34.8 Å². The van der Waals surface area contributed by atoms with E-state index in [9.17, 15) is 13.2 Å². The van der Waals surface area contributed by atoms with E-state index in [0.717, 1.165) is 4.31 Å². The smallest absolute Gasteiger partial charge is 0.264 e. The molecule has 10 heteroatoms. The summed E-state index contributed by atoms with van der Waals surface area (Å²) in [7, 11) is -0.958. The van der Waals surface area contributed by atoms with E-state index >= 15 is 0 Å². The molecule has 162 valence electrons. The zero-order valence-corrected chi connectivity index (χ0v) is 19.5. The van der Waals surface area contributed by atoms with Gasteiger partial charge < -0.3 is 10.1 Å². The second kappa shape index (κ2) is 9.36. The van der Waals surface area contributed by atoms with Crippen molar-refractivity contribution in [2.75, 3.05) is 23.8 Å². The molecule has 0 atom stereocenters. The van der Waals surface area contributed by atoms with Gasteiger partial charge in [0.05, 0.1) is 38.4 Å². The number of halogens is 3. The molecule has 3 rings (SSSR count). The molecule has 0 spiro atoms. The monoisotopic (exact) mass is 498 g/mol. The van der Waals surface area contributed by atoms with Gasteiger partial charge in [-0.15, -0.1) is 0 Å². The summed E-state index contributed by atoms with van der Waals surface area (Å²) in [5, 5.41) is 3.28. The van der Waals surface area contributed by atoms with Crippen molar-refractivity contribution < 1.29 is 17.9 Å². The van der Waals surface area contributed by atoms with Crippen molar-refractivity contribution in [1.29, 1.82) is 0 Å². The van der Waals surface area contributed by atoms with Crippen molar-refractivity contribution in [2.24, 2.45) is 0 Å². The van der Waals surface area contributed by atoms with Gasteiger partial charge in [0.15, 0.2) is 0 Å². The van der Waals surface area contributed by atoms with Gasteiger partial charge in [-0.2, -0.15) is 0 Å². The Kier molecular flexibility index (Phi) is 7.01. The molecule has 0 bridgehead atoms. The molecule has 3 aromatic rings. The SMILES string of the molecule is COc1ccc(N(C)S(=O)(=O)c2cccc(C(=O)Nc3cc(Cl)c(Cl)cc3Cl)c2)cc1. The summed E-state index contributed by atoms with van der Waals surface area (Å²) in [4.78, 5) is 12.6. The van der Waals surface area contributed by atoms with Gasteiger partial charge in [0.25, 0.3) is 15.9 Å². The van der Waals surface area contributed by atoms with E-state index in [-0.39, 0.29) is 31.2 Å². The van der Waals surface area contributed by atoms with Gasteiger partial charge in [-0.3, -0.25) is 9.10 Å². The van der Waals surface area contributed by atoms with Crippen LogP contribution in [0.5, 0.6) is 5.75 Å². The van der Waals surface area contributed by atoms with Gasteiger partial charge in [-0.05, 0) is 54.6 Å². The second-order valence-electron chi connectivity index (χ2n) is 6.40. The normalized spacial score (nSPS) is 11.1. The summed E-state index contributed by atoms with van der Waals surface area (Å²) in [6.45, 7) is 0. The van der Waals surface area contributed by atoms with E-state index in [1.807, 2.05) is 0 Å². The van der Waals surface area contributed by atoms with E-state index in [2.05, 4.69) is 5.32 Å². The molecule has 0 heterocycles. The fraction of sp³-hybridized carbons (Fsp3) is 0.0952. The molecule has 0 saturated carbocycles. The molecule has 6 nitrogen and oxygen atoms in total. The number of anilines is 2. The molecular formula is C21H17Cl3N2O4S. The average molecular weight is 500 g/mol. The number of hydrogen-bond acceptors (Lipinski definition) is 4. The lowest BCUT2D eigenvalue weighted by Gasteiger charge is -2.20. The Labute approximate surface area is 195 Å². The molecule has 0 saturated heterocycles. The molecule has 3 aromatic carbocycles. The summed E-state index contributed by atoms with van der Waals surface area (Å²) >= 11 is 18.0. The van der Waals surface area contributed by atoms with Crippen LogP contribution in [-0.4, -0.2) is 28.5 Å². The van der Waals surface area contributed by atoms with E-state index < -0.39 is 15.9 Å². The van der Waals surface area contributed by atoms with Crippen LogP contribution in [0.3, 0.4) is 0 Å². The Morgan fingerprint density at radius 2 is 1.58 bits per heavy atom. The number of nitrogens with one attached hydrogen (secondary N) is 1. The van der Waals surface area contributed by atoms with Gasteiger partial charge in [-0.25, -0.2) is 8.42 Å². The van der Waals surface area contributed by atoms with Crippen molar-refractivity contribution in [3.63, 3.8) is 0 Å². The van der Waals surface area contributed by atoms with E-state index in [1.165, 1.54) is 50.6 Å². The summed E-state index contributed by atoms with van der Waals surface area (Å²) in [5.74, 6) is 0.0543. The molecule has 31 heavy (non-hydrogen) atoms. The molecule has 0 aliphatic carbocycles. The molecular weight excluding hydrogens is 483 g/mol. The number of sulfonamides is 1. The number of benzene rings is 3. The molecule has 0 aliphatic rings. The van der Waals surface area contributed by atoms with Gasteiger partial charge in [0.2, 0.25) is 0 Å². The molecule has 0 radical (unpaired) electrons. The standard InChI is InChI=1S/C21H17Cl3N2O4S/c1-26(14-6-8-15(30-2)9-7-14)31(28,29)16-5-3-4-13(10-16)21(27)25-20-12-18(23)17(22)11-19(20)24/h3-12H,1-2H3,(H,25,27). The number of carbonyl (C=O) groups excluding carboxylic acids is 1. The third kappa shape index (κ3) is 5.07. The number of methoxy groups -OCH3 is 1. The Balaban J connectivity index is 1.87. The Morgan fingerprint density at radius 3 is 2.23 bits per heavy atom. The first-order valence-electron chi connectivity index (χ1n) is 8.82. The largest absolute Gasteiger partial charge is 0.497 e. The maximum Gasteiger partial charge on any atom is 0.264 e. The summed E-state index contributed by atoms with van der Waals surface area (Å²) in [6.07, 6.45) is 0. The number of ether oxygens (including phenoxy) is 1. The van der Waals surface area contributed by atoms with Gasteiger partial charge in [-0.1, -0.05) is 40.9 Å². The van der Waals surface area contributed by atoms with Crippen LogP contribution in [0.4, 0.5) is 11.4 Å². The van der Waals surface area contributed by atoms with Crippen LogP contribution in [0.25, 0.3) is 0 Å². The van der Waals surface area contributed by atoms with Crippen molar-refractivity contribution >= 4 is 62.1 Å². The number of rotatable bonds is 6. The molecule has 0 aromatic heterocycles. The van der Waals surface area contributed by atoms with Gasteiger partial charge >= 0.3 is 0 Å². The highest BCUT2D eigenvalue weighted by Gasteiger charge is 2.23. The first-order valence-corrected chi connectivity index (χ1v) is 11.4. The third-order valence-corrected chi connectivity index (χ3v) is 7.27. The van der Waals surface area contributed by atoms with E-state index in [0.29, 0.717) is 11.4 Å². The molecule has 0 aliphatic heterocycles. The highest BCUT2D eigenvalue weighted by Crippen LogP contribution is 2.32. The van der Waals surface area contributed by atoms with Crippen molar-refractivity contribution in [3.8, 4) is 5.75 Å². The minimum absolute atomic E-state index is 0.0429. The maximum absolute atomic E-state index is 13.1. The summed E-state index contributed by atoms with van der Waals surface area (Å²) in [5.41, 5.74) is 0.828. The lowest BCUT2D eigenvalue weighted by atomic mass is 10.2. The maximum atomic E-state index is 13.1. The predicted octanol–water partition coefficient (Wildman–Crippen LogP) is 5.73. The van der Waals surface area contributed by atoms with E-state index in [1.54, 1.807) is 24.3 Å². The number of carbonyl (C=O) groups is 1. The molecule has 1 amide bonds. The zero-order valence-electron chi connectivity index (χ0n) is 16.4. The minimum atomic E-state index is -3.91. The lowest BCUT2D eigenvalue weighted by Crippen LogP contribution is -2.26. The average Bonchev–Trinajstić information content (AvgIpc) is 2.77. The minimum Gasteiger partial charge on any atom is -0.497 e. The highest BCUT2D eigenvalue weighted by atomic mass is 35.5. The quantitative estimate of drug-likeness (QED) is 0.439. The topological polar surface area (TPSA) is 75.7 Å². The third-order valence-electron chi connectivity index (χ3n) is 4.45. The Bertz CT molecular complexity index is 1230. The Hall–Kier alpha value is -2.45. The molecule has 0 fully saturated rings. The lowest BCUT2D eigenvalue weighted by molar-refractivity contribution is 0.102. The number of nitrogens with zero attached hydrogens (tertiary/aromatic N) is 1. The van der Waals surface area contributed by atoms with Crippen LogP contribution in [0, 0.1) is 0 Å². The van der Waals surface area contributed by atoms with Gasteiger partial charge in [0.1, 0.15) is 5.75 Å². The van der Waals surface area contributed by atoms with Crippen molar-refractivity contribution in [3.05, 3.63) is 81.3 Å². The predicted molar refractivity (Wildman–Crippen MR) is 124 cm³/mol. The summed E-state index contributed by atoms with van der Waals surface area (Å²) < 4.78 is 32.4. The first kappa shape index (κ1) is 23.2. The number of amides is 1. The highest BCUT2D eigenvalue weighted by molar-refractivity contribution is 7.92. The molecule has 0 unspecified atom stereocenters. The number of hydrogen-bond donors (Lipinski definition) is 1. The molecule has 1 N–H and O–H groups in total. The second-order valence-corrected chi connectivity index (χ2v) is 9.59.